The summed E-state index contributed by atoms with van der Waals surface area (Å²) >= 11 is 0. The molecule has 3 rings (SSSR count). The molecule has 0 amide bonds. The summed E-state index contributed by atoms with van der Waals surface area (Å²) in [5.74, 6) is -4.81. The number of rotatable bonds is 1. The molecule has 2 aromatic carbocycles. The SMILES string of the molecule is CC(=O)c1c(O)cc(O)c2c1C(=O)c1cc(O)cc(O)c1C2=O. The largest absolute Gasteiger partial charge is 0.508 e. The molecule has 0 fully saturated rings. The lowest BCUT2D eigenvalue weighted by Gasteiger charge is -2.21. The normalized spacial score (nSPS) is 12.7. The number of carbonyl (C=O) groups excluding carboxylic acids is 3. The highest BCUT2D eigenvalue weighted by atomic mass is 16.3. The highest BCUT2D eigenvalue weighted by Gasteiger charge is 2.38. The van der Waals surface area contributed by atoms with E-state index in [9.17, 15) is 34.8 Å². The van der Waals surface area contributed by atoms with E-state index in [1.165, 1.54) is 0 Å². The van der Waals surface area contributed by atoms with Gasteiger partial charge in [-0.25, -0.2) is 0 Å². The van der Waals surface area contributed by atoms with Crippen LogP contribution in [0.15, 0.2) is 18.2 Å². The minimum absolute atomic E-state index is 0.312. The summed E-state index contributed by atoms with van der Waals surface area (Å²) in [4.78, 5) is 36.9. The van der Waals surface area contributed by atoms with Gasteiger partial charge in [0.2, 0.25) is 5.78 Å². The molecule has 7 heteroatoms. The molecule has 1 aliphatic carbocycles. The maximum absolute atomic E-state index is 12.6. The Labute approximate surface area is 129 Å². The molecule has 116 valence electrons. The predicted octanol–water partition coefficient (Wildman–Crippen LogP) is 1.49. The minimum atomic E-state index is -0.882. The molecular weight excluding hydrogens is 304 g/mol. The Bertz CT molecular complexity index is 925. The predicted molar refractivity (Wildman–Crippen MR) is 76.4 cm³/mol. The van der Waals surface area contributed by atoms with Crippen molar-refractivity contribution < 1.29 is 34.8 Å². The van der Waals surface area contributed by atoms with Gasteiger partial charge in [0.05, 0.1) is 22.3 Å². The van der Waals surface area contributed by atoms with Crippen molar-refractivity contribution in [3.63, 3.8) is 0 Å². The Morgan fingerprint density at radius 3 is 2.00 bits per heavy atom. The minimum Gasteiger partial charge on any atom is -0.508 e. The van der Waals surface area contributed by atoms with Crippen molar-refractivity contribution in [3.05, 3.63) is 46.0 Å². The van der Waals surface area contributed by atoms with Gasteiger partial charge in [-0.2, -0.15) is 0 Å². The van der Waals surface area contributed by atoms with Crippen molar-refractivity contribution in [1.29, 1.82) is 0 Å². The van der Waals surface area contributed by atoms with E-state index in [1.54, 1.807) is 0 Å². The van der Waals surface area contributed by atoms with Crippen molar-refractivity contribution in [3.8, 4) is 23.0 Å². The lowest BCUT2D eigenvalue weighted by atomic mass is 9.80. The van der Waals surface area contributed by atoms with Crippen LogP contribution in [0.4, 0.5) is 0 Å². The van der Waals surface area contributed by atoms with Crippen LogP contribution in [-0.2, 0) is 0 Å². The second-order valence-electron chi connectivity index (χ2n) is 5.14. The molecule has 0 bridgehead atoms. The van der Waals surface area contributed by atoms with E-state index in [4.69, 9.17) is 0 Å². The van der Waals surface area contributed by atoms with E-state index in [2.05, 4.69) is 0 Å². The van der Waals surface area contributed by atoms with Crippen LogP contribution in [0, 0.1) is 0 Å². The summed E-state index contributed by atoms with van der Waals surface area (Å²) in [7, 11) is 0. The average molecular weight is 314 g/mol. The maximum atomic E-state index is 12.6. The van der Waals surface area contributed by atoms with Crippen molar-refractivity contribution >= 4 is 17.3 Å². The van der Waals surface area contributed by atoms with E-state index < -0.39 is 57.0 Å². The van der Waals surface area contributed by atoms with Crippen molar-refractivity contribution in [2.45, 2.75) is 6.92 Å². The molecule has 0 heterocycles. The number of Topliss-reactive ketones (excluding diaryl/α,β-unsaturated/α-hetero) is 1. The van der Waals surface area contributed by atoms with Gasteiger partial charge in [0.1, 0.15) is 23.0 Å². The van der Waals surface area contributed by atoms with Crippen LogP contribution in [0.1, 0.15) is 49.1 Å². The van der Waals surface area contributed by atoms with Crippen LogP contribution >= 0.6 is 0 Å². The molecule has 0 spiro atoms. The quantitative estimate of drug-likeness (QED) is 0.500. The first-order chi connectivity index (χ1) is 10.7. The Kier molecular flexibility index (Phi) is 2.90. The number of phenols is 4. The number of aromatic hydroxyl groups is 4. The maximum Gasteiger partial charge on any atom is 0.202 e. The number of ketones is 3. The van der Waals surface area contributed by atoms with Crippen LogP contribution in [0.5, 0.6) is 23.0 Å². The van der Waals surface area contributed by atoms with Gasteiger partial charge in [-0.15, -0.1) is 0 Å². The first-order valence-electron chi connectivity index (χ1n) is 6.49. The van der Waals surface area contributed by atoms with Crippen LogP contribution in [0.2, 0.25) is 0 Å². The molecule has 0 saturated heterocycles. The number of benzene rings is 2. The van der Waals surface area contributed by atoms with E-state index in [0.717, 1.165) is 25.1 Å². The fourth-order valence-corrected chi connectivity index (χ4v) is 2.76. The van der Waals surface area contributed by atoms with Crippen LogP contribution in [-0.4, -0.2) is 37.8 Å². The third-order valence-corrected chi connectivity index (χ3v) is 3.67. The Morgan fingerprint density at radius 2 is 1.39 bits per heavy atom. The van der Waals surface area contributed by atoms with Gasteiger partial charge in [0.25, 0.3) is 0 Å². The third kappa shape index (κ3) is 1.87. The lowest BCUT2D eigenvalue weighted by molar-refractivity contribution is 0.0962. The van der Waals surface area contributed by atoms with Crippen molar-refractivity contribution in [1.82, 2.24) is 0 Å². The number of carbonyl (C=O) groups is 3. The van der Waals surface area contributed by atoms with Crippen molar-refractivity contribution in [2.75, 3.05) is 0 Å². The fourth-order valence-electron chi connectivity index (χ4n) is 2.76. The molecule has 0 aromatic heterocycles. The summed E-state index contributed by atoms with van der Waals surface area (Å²) in [5, 5.41) is 39.1. The Morgan fingerprint density at radius 1 is 0.783 bits per heavy atom. The zero-order chi connectivity index (χ0) is 17.0. The summed E-state index contributed by atoms with van der Waals surface area (Å²) in [6, 6.07) is 2.66. The zero-order valence-corrected chi connectivity index (χ0v) is 11.7. The molecule has 7 nitrogen and oxygen atoms in total. The van der Waals surface area contributed by atoms with Gasteiger partial charge >= 0.3 is 0 Å². The summed E-state index contributed by atoms with van der Waals surface area (Å²) in [6.07, 6.45) is 0. The first kappa shape index (κ1) is 14.6. The van der Waals surface area contributed by atoms with Crippen LogP contribution < -0.4 is 0 Å². The molecule has 23 heavy (non-hydrogen) atoms. The van der Waals surface area contributed by atoms with E-state index in [1.807, 2.05) is 0 Å². The molecule has 0 unspecified atom stereocenters. The van der Waals surface area contributed by atoms with Gasteiger partial charge in [-0.05, 0) is 13.0 Å². The van der Waals surface area contributed by atoms with Gasteiger partial charge in [-0.1, -0.05) is 0 Å². The number of hydrogen-bond donors (Lipinski definition) is 4. The molecule has 0 saturated carbocycles. The number of phenolic OH excluding ortho intramolecular Hbond substituents is 4. The Hall–Kier alpha value is -3.35. The molecule has 0 radical (unpaired) electrons. The smallest absolute Gasteiger partial charge is 0.202 e. The highest BCUT2D eigenvalue weighted by molar-refractivity contribution is 6.33. The van der Waals surface area contributed by atoms with Gasteiger partial charge in [0.15, 0.2) is 11.6 Å². The lowest BCUT2D eigenvalue weighted by Crippen LogP contribution is -2.24. The van der Waals surface area contributed by atoms with E-state index in [-0.39, 0.29) is 11.1 Å². The van der Waals surface area contributed by atoms with E-state index in [0.29, 0.717) is 0 Å². The average Bonchev–Trinajstić information content (AvgIpc) is 2.42. The molecule has 0 aliphatic heterocycles. The van der Waals surface area contributed by atoms with Crippen molar-refractivity contribution in [2.24, 2.45) is 0 Å². The second-order valence-corrected chi connectivity index (χ2v) is 5.14. The molecule has 1 aliphatic rings. The molecule has 2 aromatic rings. The van der Waals surface area contributed by atoms with E-state index >= 15 is 0 Å². The molecular formula is C16H10O7. The summed E-state index contributed by atoms with van der Waals surface area (Å²) in [6.45, 7) is 1.10. The van der Waals surface area contributed by atoms with Gasteiger partial charge in [0, 0.05) is 17.7 Å². The van der Waals surface area contributed by atoms with Crippen LogP contribution in [0.25, 0.3) is 0 Å². The molecule has 4 N–H and O–H groups in total. The Balaban J connectivity index is 2.47. The van der Waals surface area contributed by atoms with Crippen LogP contribution in [0.3, 0.4) is 0 Å². The zero-order valence-electron chi connectivity index (χ0n) is 11.7. The standard InChI is InChI=1S/C16H10O7/c1-5(17)11-9(20)4-10(21)13-14(11)15(22)7-2-6(18)3-8(19)12(7)16(13)23/h2-4,18-21H,1H3. The summed E-state index contributed by atoms with van der Waals surface area (Å²) in [5.41, 5.74) is -2.00. The third-order valence-electron chi connectivity index (χ3n) is 3.67. The fraction of sp³-hybridized carbons (Fsp3) is 0.0625. The molecule has 0 atom stereocenters. The van der Waals surface area contributed by atoms with Gasteiger partial charge < -0.3 is 20.4 Å². The monoisotopic (exact) mass is 314 g/mol. The first-order valence-corrected chi connectivity index (χ1v) is 6.49. The second kappa shape index (κ2) is 4.57. The number of fused-ring (bicyclic) bond motifs is 2. The summed E-state index contributed by atoms with van der Waals surface area (Å²) < 4.78 is 0. The topological polar surface area (TPSA) is 132 Å². The highest BCUT2D eigenvalue weighted by Crippen LogP contribution is 2.42. The number of hydrogen-bond acceptors (Lipinski definition) is 7. The van der Waals surface area contributed by atoms with Gasteiger partial charge in [-0.3, -0.25) is 14.4 Å².